The fourth-order valence-electron chi connectivity index (χ4n) is 3.40. The first-order valence-corrected chi connectivity index (χ1v) is 10.3. The molecular weight excluding hydrogens is 356 g/mol. The van der Waals surface area contributed by atoms with Crippen LogP contribution in [-0.4, -0.2) is 51.8 Å². The van der Waals surface area contributed by atoms with Gasteiger partial charge in [0.25, 0.3) is 5.91 Å². The number of amides is 3. The fourth-order valence-corrected chi connectivity index (χ4v) is 3.40. The van der Waals surface area contributed by atoms with Gasteiger partial charge < -0.3 is 25.6 Å². The molecule has 1 saturated carbocycles. The number of nitrogens with zero attached hydrogens (tertiary/aromatic N) is 1. The van der Waals surface area contributed by atoms with E-state index in [0.29, 0.717) is 31.0 Å². The molecule has 0 spiro atoms. The average Bonchev–Trinajstić information content (AvgIpc) is 2.68. The third-order valence-corrected chi connectivity index (χ3v) is 4.88. The normalized spacial score (nSPS) is 14.4. The van der Waals surface area contributed by atoms with E-state index in [9.17, 15) is 9.59 Å². The van der Waals surface area contributed by atoms with Crippen molar-refractivity contribution in [2.45, 2.75) is 51.5 Å². The third-order valence-electron chi connectivity index (χ3n) is 4.88. The predicted octanol–water partition coefficient (Wildman–Crippen LogP) is 3.36. The first-order chi connectivity index (χ1) is 13.5. The van der Waals surface area contributed by atoms with Gasteiger partial charge >= 0.3 is 6.03 Å². The van der Waals surface area contributed by atoms with Crippen LogP contribution in [0.25, 0.3) is 0 Å². The predicted molar refractivity (Wildman–Crippen MR) is 113 cm³/mol. The number of rotatable bonds is 9. The highest BCUT2D eigenvalue weighted by Gasteiger charge is 2.17. The quantitative estimate of drug-likeness (QED) is 0.565. The topological polar surface area (TPSA) is 82.7 Å². The molecule has 0 atom stereocenters. The molecule has 1 fully saturated rings. The second-order valence-electron chi connectivity index (χ2n) is 7.37. The van der Waals surface area contributed by atoms with Crippen LogP contribution >= 0.6 is 0 Å². The minimum absolute atomic E-state index is 0.156. The van der Waals surface area contributed by atoms with Crippen molar-refractivity contribution >= 4 is 23.3 Å². The molecule has 1 aliphatic carbocycles. The van der Waals surface area contributed by atoms with Gasteiger partial charge in [-0.25, -0.2) is 4.79 Å². The number of nitrogens with one attached hydrogen (secondary N) is 3. The molecule has 7 heteroatoms. The molecule has 0 saturated heterocycles. The van der Waals surface area contributed by atoms with Gasteiger partial charge in [0.2, 0.25) is 0 Å². The van der Waals surface area contributed by atoms with Crippen molar-refractivity contribution in [2.24, 2.45) is 0 Å². The highest BCUT2D eigenvalue weighted by atomic mass is 16.5. The number of urea groups is 1. The maximum atomic E-state index is 12.7. The minimum atomic E-state index is -0.215. The summed E-state index contributed by atoms with van der Waals surface area (Å²) in [5.41, 5.74) is 1.95. The molecule has 0 heterocycles. The molecule has 0 radical (unpaired) electrons. The van der Waals surface area contributed by atoms with Gasteiger partial charge in [-0.2, -0.15) is 0 Å². The molecule has 1 aliphatic rings. The van der Waals surface area contributed by atoms with Gasteiger partial charge in [-0.15, -0.1) is 0 Å². The number of hydrogen-bond donors (Lipinski definition) is 3. The molecule has 156 valence electrons. The zero-order chi connectivity index (χ0) is 20.4. The van der Waals surface area contributed by atoms with Crippen molar-refractivity contribution in [3.8, 4) is 0 Å². The number of hydrogen-bond acceptors (Lipinski definition) is 4. The van der Waals surface area contributed by atoms with E-state index < -0.39 is 0 Å². The second-order valence-corrected chi connectivity index (χ2v) is 7.37. The molecule has 0 aliphatic heterocycles. The van der Waals surface area contributed by atoms with E-state index in [-0.39, 0.29) is 18.0 Å². The van der Waals surface area contributed by atoms with E-state index in [1.54, 1.807) is 6.07 Å². The summed E-state index contributed by atoms with van der Waals surface area (Å²) in [6, 6.07) is 5.43. The Morgan fingerprint density at radius 2 is 1.93 bits per heavy atom. The van der Waals surface area contributed by atoms with Crippen molar-refractivity contribution in [1.29, 1.82) is 0 Å². The molecule has 2 rings (SSSR count). The number of benzene rings is 1. The summed E-state index contributed by atoms with van der Waals surface area (Å²) in [5, 5.41) is 8.82. The summed E-state index contributed by atoms with van der Waals surface area (Å²) in [6.45, 7) is 3.80. The van der Waals surface area contributed by atoms with Gasteiger partial charge in [0.1, 0.15) is 0 Å². The van der Waals surface area contributed by atoms with Crippen molar-refractivity contribution < 1.29 is 14.3 Å². The van der Waals surface area contributed by atoms with Crippen LogP contribution in [0.15, 0.2) is 18.2 Å². The highest BCUT2D eigenvalue weighted by Crippen LogP contribution is 2.23. The van der Waals surface area contributed by atoms with Gasteiger partial charge in [-0.05, 0) is 44.4 Å². The largest absolute Gasteiger partial charge is 0.382 e. The highest BCUT2D eigenvalue weighted by molar-refractivity contribution is 6.01. The van der Waals surface area contributed by atoms with E-state index in [1.165, 1.54) is 6.42 Å². The van der Waals surface area contributed by atoms with Crippen LogP contribution in [-0.2, 0) is 4.74 Å². The van der Waals surface area contributed by atoms with Gasteiger partial charge in [0, 0.05) is 51.3 Å². The van der Waals surface area contributed by atoms with Crippen molar-refractivity contribution in [3.63, 3.8) is 0 Å². The third kappa shape index (κ3) is 7.03. The van der Waals surface area contributed by atoms with Crippen LogP contribution in [0.2, 0.25) is 0 Å². The molecule has 28 heavy (non-hydrogen) atoms. The SMILES string of the molecule is CCOCCCNC(=O)c1cc(NC(=O)NC2CCCCC2)ccc1N(C)C. The van der Waals surface area contributed by atoms with E-state index >= 15 is 0 Å². The summed E-state index contributed by atoms with van der Waals surface area (Å²) in [5.74, 6) is -0.156. The lowest BCUT2D eigenvalue weighted by Gasteiger charge is -2.23. The summed E-state index contributed by atoms with van der Waals surface area (Å²) in [4.78, 5) is 26.8. The van der Waals surface area contributed by atoms with Crippen LogP contribution in [0.1, 0.15) is 55.8 Å². The zero-order valence-electron chi connectivity index (χ0n) is 17.3. The lowest BCUT2D eigenvalue weighted by Crippen LogP contribution is -2.39. The van der Waals surface area contributed by atoms with Crippen molar-refractivity contribution in [2.75, 3.05) is 44.1 Å². The van der Waals surface area contributed by atoms with Crippen LogP contribution in [0, 0.1) is 0 Å². The molecule has 0 bridgehead atoms. The Balaban J connectivity index is 1.98. The molecule has 1 aromatic carbocycles. The standard InChI is InChI=1S/C21H34N4O3/c1-4-28-14-8-13-22-20(26)18-15-17(11-12-19(18)25(2)3)24-21(27)23-16-9-6-5-7-10-16/h11-12,15-16H,4-10,13-14H2,1-3H3,(H,22,26)(H2,23,24,27). The molecule has 7 nitrogen and oxygen atoms in total. The molecular formula is C21H34N4O3. The zero-order valence-corrected chi connectivity index (χ0v) is 17.3. The number of ether oxygens (including phenoxy) is 1. The summed E-state index contributed by atoms with van der Waals surface area (Å²) in [6.07, 6.45) is 6.39. The van der Waals surface area contributed by atoms with Crippen LogP contribution in [0.3, 0.4) is 0 Å². The second kappa shape index (κ2) is 11.5. The lowest BCUT2D eigenvalue weighted by atomic mass is 9.96. The minimum Gasteiger partial charge on any atom is -0.382 e. The molecule has 3 amide bonds. The fraction of sp³-hybridized carbons (Fsp3) is 0.619. The average molecular weight is 391 g/mol. The first-order valence-electron chi connectivity index (χ1n) is 10.3. The Bertz CT molecular complexity index is 643. The molecule has 0 unspecified atom stereocenters. The molecule has 3 N–H and O–H groups in total. The Morgan fingerprint density at radius 3 is 2.61 bits per heavy atom. The van der Waals surface area contributed by atoms with E-state index in [4.69, 9.17) is 4.74 Å². The van der Waals surface area contributed by atoms with E-state index in [1.807, 2.05) is 38.1 Å². The van der Waals surface area contributed by atoms with Crippen LogP contribution in [0.5, 0.6) is 0 Å². The van der Waals surface area contributed by atoms with Crippen molar-refractivity contribution in [3.05, 3.63) is 23.8 Å². The van der Waals surface area contributed by atoms with E-state index in [0.717, 1.165) is 37.8 Å². The number of carbonyl (C=O) groups excluding carboxylic acids is 2. The van der Waals surface area contributed by atoms with Crippen molar-refractivity contribution in [1.82, 2.24) is 10.6 Å². The van der Waals surface area contributed by atoms with Gasteiger partial charge in [0.05, 0.1) is 5.56 Å². The van der Waals surface area contributed by atoms with Crippen LogP contribution in [0.4, 0.5) is 16.2 Å². The maximum Gasteiger partial charge on any atom is 0.319 e. The maximum absolute atomic E-state index is 12.7. The monoisotopic (exact) mass is 390 g/mol. The summed E-state index contributed by atoms with van der Waals surface area (Å²) in [7, 11) is 3.79. The smallest absolute Gasteiger partial charge is 0.319 e. The number of carbonyl (C=O) groups is 2. The Labute approximate surface area is 168 Å². The van der Waals surface area contributed by atoms with Gasteiger partial charge in [-0.3, -0.25) is 4.79 Å². The summed E-state index contributed by atoms with van der Waals surface area (Å²) < 4.78 is 5.29. The summed E-state index contributed by atoms with van der Waals surface area (Å²) >= 11 is 0. The Hall–Kier alpha value is -2.28. The molecule has 0 aromatic heterocycles. The Morgan fingerprint density at radius 1 is 1.18 bits per heavy atom. The molecule has 1 aromatic rings. The van der Waals surface area contributed by atoms with Crippen LogP contribution < -0.4 is 20.9 Å². The lowest BCUT2D eigenvalue weighted by molar-refractivity contribution is 0.0944. The Kier molecular flexibility index (Phi) is 9.07. The first kappa shape index (κ1) is 22.0. The number of anilines is 2. The van der Waals surface area contributed by atoms with E-state index in [2.05, 4.69) is 16.0 Å². The van der Waals surface area contributed by atoms with Gasteiger partial charge in [0.15, 0.2) is 0 Å². The van der Waals surface area contributed by atoms with Gasteiger partial charge in [-0.1, -0.05) is 19.3 Å².